The highest BCUT2D eigenvalue weighted by molar-refractivity contribution is 8.00. The fourth-order valence-corrected chi connectivity index (χ4v) is 4.75. The molecule has 162 valence electrons. The summed E-state index contributed by atoms with van der Waals surface area (Å²) in [6, 6.07) is 24.6. The smallest absolute Gasteiger partial charge is 0.252 e. The Kier molecular flexibility index (Phi) is 7.10. The van der Waals surface area contributed by atoms with E-state index < -0.39 is 0 Å². The van der Waals surface area contributed by atoms with Gasteiger partial charge in [-0.15, -0.1) is 0 Å². The van der Waals surface area contributed by atoms with Gasteiger partial charge in [-0.05, 0) is 65.4 Å². The predicted octanol–water partition coefficient (Wildman–Crippen LogP) is 7.20. The van der Waals surface area contributed by atoms with E-state index in [1.54, 1.807) is 13.2 Å². The van der Waals surface area contributed by atoms with E-state index in [2.05, 4.69) is 10.0 Å². The molecule has 0 unspecified atom stereocenters. The van der Waals surface area contributed by atoms with Crippen LogP contribution >= 0.6 is 35.1 Å². The SMILES string of the molecule is COc1ccc(CNC(=O)c2cccc3c(NSc4cc(Cl)cc(Cl)c4)cccc23)cc1. The number of nitrogens with one attached hydrogen (secondary N) is 2. The quantitative estimate of drug-likeness (QED) is 0.273. The van der Waals surface area contributed by atoms with Gasteiger partial charge in [0.05, 0.1) is 12.8 Å². The summed E-state index contributed by atoms with van der Waals surface area (Å²) in [5.74, 6) is 0.657. The van der Waals surface area contributed by atoms with Crippen LogP contribution in [0.5, 0.6) is 5.75 Å². The highest BCUT2D eigenvalue weighted by atomic mass is 35.5. The number of fused-ring (bicyclic) bond motifs is 1. The third-order valence-electron chi connectivity index (χ3n) is 4.89. The highest BCUT2D eigenvalue weighted by Crippen LogP contribution is 2.32. The first kappa shape index (κ1) is 22.3. The number of halogens is 2. The minimum Gasteiger partial charge on any atom is -0.497 e. The van der Waals surface area contributed by atoms with Crippen LogP contribution in [0.1, 0.15) is 15.9 Å². The molecule has 0 aliphatic heterocycles. The van der Waals surface area contributed by atoms with Crippen LogP contribution in [0.3, 0.4) is 0 Å². The van der Waals surface area contributed by atoms with Crippen molar-refractivity contribution in [2.75, 3.05) is 11.8 Å². The number of carbonyl (C=O) groups is 1. The molecule has 0 aromatic heterocycles. The van der Waals surface area contributed by atoms with Crippen molar-refractivity contribution in [1.82, 2.24) is 5.32 Å². The van der Waals surface area contributed by atoms with Crippen molar-refractivity contribution in [3.63, 3.8) is 0 Å². The molecule has 0 fully saturated rings. The van der Waals surface area contributed by atoms with E-state index in [-0.39, 0.29) is 5.91 Å². The van der Waals surface area contributed by atoms with E-state index in [0.717, 1.165) is 32.7 Å². The van der Waals surface area contributed by atoms with Gasteiger partial charge in [-0.1, -0.05) is 59.6 Å². The van der Waals surface area contributed by atoms with E-state index >= 15 is 0 Å². The summed E-state index contributed by atoms with van der Waals surface area (Å²) in [6.45, 7) is 0.433. The van der Waals surface area contributed by atoms with Crippen molar-refractivity contribution in [3.05, 3.63) is 100 Å². The van der Waals surface area contributed by atoms with Gasteiger partial charge in [-0.3, -0.25) is 4.79 Å². The molecule has 4 rings (SSSR count). The van der Waals surface area contributed by atoms with Crippen LogP contribution in [0.25, 0.3) is 10.8 Å². The van der Waals surface area contributed by atoms with Crippen molar-refractivity contribution in [3.8, 4) is 5.75 Å². The lowest BCUT2D eigenvalue weighted by Crippen LogP contribution is -2.23. The Morgan fingerprint density at radius 3 is 2.31 bits per heavy atom. The zero-order valence-electron chi connectivity index (χ0n) is 17.2. The summed E-state index contributed by atoms with van der Waals surface area (Å²) in [6.07, 6.45) is 0. The van der Waals surface area contributed by atoms with E-state index in [0.29, 0.717) is 22.2 Å². The van der Waals surface area contributed by atoms with Crippen molar-refractivity contribution < 1.29 is 9.53 Å². The minimum atomic E-state index is -0.127. The van der Waals surface area contributed by atoms with Gasteiger partial charge < -0.3 is 14.8 Å². The third kappa shape index (κ3) is 5.30. The summed E-state index contributed by atoms with van der Waals surface area (Å²) < 4.78 is 8.52. The monoisotopic (exact) mass is 482 g/mol. The zero-order chi connectivity index (χ0) is 22.5. The molecule has 2 N–H and O–H groups in total. The van der Waals surface area contributed by atoms with Crippen LogP contribution in [0.4, 0.5) is 5.69 Å². The largest absolute Gasteiger partial charge is 0.497 e. The summed E-state index contributed by atoms with van der Waals surface area (Å²) in [7, 11) is 1.63. The summed E-state index contributed by atoms with van der Waals surface area (Å²) >= 11 is 13.6. The van der Waals surface area contributed by atoms with Crippen molar-refractivity contribution in [2.45, 2.75) is 11.4 Å². The fraction of sp³-hybridized carbons (Fsp3) is 0.0800. The second-order valence-corrected chi connectivity index (χ2v) is 8.80. The number of benzene rings is 4. The Morgan fingerprint density at radius 1 is 0.906 bits per heavy atom. The van der Waals surface area contributed by atoms with E-state index in [4.69, 9.17) is 27.9 Å². The van der Waals surface area contributed by atoms with Crippen LogP contribution in [0.15, 0.2) is 83.8 Å². The molecule has 0 radical (unpaired) electrons. The first-order chi connectivity index (χ1) is 15.5. The Balaban J connectivity index is 1.52. The van der Waals surface area contributed by atoms with E-state index in [1.807, 2.05) is 72.8 Å². The highest BCUT2D eigenvalue weighted by Gasteiger charge is 2.12. The van der Waals surface area contributed by atoms with Gasteiger partial charge in [0, 0.05) is 32.4 Å². The van der Waals surface area contributed by atoms with Gasteiger partial charge in [0.1, 0.15) is 5.75 Å². The molecule has 0 bridgehead atoms. The molecule has 0 saturated carbocycles. The number of hydrogen-bond donors (Lipinski definition) is 2. The molecule has 4 nitrogen and oxygen atoms in total. The molecule has 0 spiro atoms. The first-order valence-corrected chi connectivity index (χ1v) is 11.4. The average Bonchev–Trinajstić information content (AvgIpc) is 2.80. The number of anilines is 1. The average molecular weight is 483 g/mol. The van der Waals surface area contributed by atoms with Crippen molar-refractivity contribution in [2.24, 2.45) is 0 Å². The second kappa shape index (κ2) is 10.2. The van der Waals surface area contributed by atoms with Crippen LogP contribution in [-0.4, -0.2) is 13.0 Å². The van der Waals surface area contributed by atoms with Gasteiger partial charge in [0.25, 0.3) is 5.91 Å². The number of amides is 1. The van der Waals surface area contributed by atoms with E-state index in [1.165, 1.54) is 11.9 Å². The maximum Gasteiger partial charge on any atom is 0.252 e. The molecule has 4 aromatic rings. The normalized spacial score (nSPS) is 10.7. The Labute approximate surface area is 201 Å². The van der Waals surface area contributed by atoms with Gasteiger partial charge in [-0.2, -0.15) is 0 Å². The molecule has 0 saturated heterocycles. The Morgan fingerprint density at radius 2 is 1.59 bits per heavy atom. The van der Waals surface area contributed by atoms with Crippen LogP contribution < -0.4 is 14.8 Å². The first-order valence-electron chi connectivity index (χ1n) is 9.85. The van der Waals surface area contributed by atoms with E-state index in [9.17, 15) is 4.79 Å². The molecular formula is C25H20Cl2N2O2S. The number of ether oxygens (including phenoxy) is 1. The van der Waals surface area contributed by atoms with Gasteiger partial charge in [0.15, 0.2) is 0 Å². The standard InChI is InChI=1S/C25H20Cl2N2O2S/c1-31-19-10-8-16(9-11-19)15-28-25(30)23-6-2-5-22-21(23)4-3-7-24(22)29-32-20-13-17(26)12-18(27)14-20/h2-14,29H,15H2,1H3,(H,28,30). The Hall–Kier alpha value is -2.86. The lowest BCUT2D eigenvalue weighted by atomic mass is 10.0. The maximum atomic E-state index is 12.9. The molecule has 0 atom stereocenters. The van der Waals surface area contributed by atoms with Gasteiger partial charge >= 0.3 is 0 Å². The minimum absolute atomic E-state index is 0.127. The molecule has 0 heterocycles. The lowest BCUT2D eigenvalue weighted by molar-refractivity contribution is 0.0952. The summed E-state index contributed by atoms with van der Waals surface area (Å²) in [5.41, 5.74) is 2.52. The topological polar surface area (TPSA) is 50.4 Å². The van der Waals surface area contributed by atoms with Crippen LogP contribution in [0, 0.1) is 0 Å². The molecule has 0 aliphatic rings. The molecule has 1 amide bonds. The second-order valence-electron chi connectivity index (χ2n) is 7.05. The van der Waals surface area contributed by atoms with Crippen LogP contribution in [0.2, 0.25) is 10.0 Å². The van der Waals surface area contributed by atoms with Gasteiger partial charge in [0.2, 0.25) is 0 Å². The molecular weight excluding hydrogens is 463 g/mol. The lowest BCUT2D eigenvalue weighted by Gasteiger charge is -2.13. The molecule has 0 aliphatic carbocycles. The number of carbonyl (C=O) groups excluding carboxylic acids is 1. The van der Waals surface area contributed by atoms with Crippen molar-refractivity contribution in [1.29, 1.82) is 0 Å². The van der Waals surface area contributed by atoms with Crippen LogP contribution in [-0.2, 0) is 6.54 Å². The summed E-state index contributed by atoms with van der Waals surface area (Å²) in [5, 5.41) is 5.98. The Bertz CT molecular complexity index is 1240. The predicted molar refractivity (Wildman–Crippen MR) is 134 cm³/mol. The molecule has 4 aromatic carbocycles. The number of hydrogen-bond acceptors (Lipinski definition) is 4. The maximum absolute atomic E-state index is 12.9. The summed E-state index contributed by atoms with van der Waals surface area (Å²) in [4.78, 5) is 13.8. The van der Waals surface area contributed by atoms with Crippen molar-refractivity contribution >= 4 is 57.5 Å². The molecule has 7 heteroatoms. The fourth-order valence-electron chi connectivity index (χ4n) is 3.32. The third-order valence-corrected chi connectivity index (χ3v) is 6.12. The number of rotatable bonds is 7. The number of methoxy groups -OCH3 is 1. The molecule has 32 heavy (non-hydrogen) atoms. The van der Waals surface area contributed by atoms with Gasteiger partial charge in [-0.25, -0.2) is 0 Å². The zero-order valence-corrected chi connectivity index (χ0v) is 19.5.